The molecule has 0 saturated carbocycles. The van der Waals surface area contributed by atoms with Gasteiger partial charge in [-0.05, 0) is 56.2 Å². The van der Waals surface area contributed by atoms with E-state index in [-0.39, 0.29) is 24.2 Å². The summed E-state index contributed by atoms with van der Waals surface area (Å²) in [6.45, 7) is 4.89. The number of hydrogen-bond donors (Lipinski definition) is 1. The van der Waals surface area contributed by atoms with Crippen LogP contribution in [-0.4, -0.2) is 50.0 Å². The van der Waals surface area contributed by atoms with E-state index in [9.17, 15) is 18.0 Å². The van der Waals surface area contributed by atoms with Crippen LogP contribution in [-0.2, 0) is 26.2 Å². The lowest BCUT2D eigenvalue weighted by atomic mass is 10.1. The summed E-state index contributed by atoms with van der Waals surface area (Å²) in [7, 11) is -3.84. The highest BCUT2D eigenvalue weighted by molar-refractivity contribution is 7.92. The molecular formula is C23H28Cl3N3O4S. The first-order valence-electron chi connectivity index (χ1n) is 10.6. The molecule has 34 heavy (non-hydrogen) atoms. The van der Waals surface area contributed by atoms with Gasteiger partial charge in [-0.25, -0.2) is 8.42 Å². The van der Waals surface area contributed by atoms with Gasteiger partial charge in [-0.2, -0.15) is 0 Å². The summed E-state index contributed by atoms with van der Waals surface area (Å²) in [5.74, 6) is -0.910. The molecule has 0 radical (unpaired) electrons. The van der Waals surface area contributed by atoms with Crippen molar-refractivity contribution < 1.29 is 18.0 Å². The Morgan fingerprint density at radius 2 is 1.68 bits per heavy atom. The van der Waals surface area contributed by atoms with E-state index in [0.717, 1.165) is 10.6 Å². The molecule has 2 amide bonds. The molecule has 0 bridgehead atoms. The first-order valence-corrected chi connectivity index (χ1v) is 13.6. The highest BCUT2D eigenvalue weighted by Gasteiger charge is 2.32. The Hall–Kier alpha value is -2.00. The number of hydrogen-bond acceptors (Lipinski definition) is 4. The van der Waals surface area contributed by atoms with Gasteiger partial charge in [0.2, 0.25) is 21.8 Å². The van der Waals surface area contributed by atoms with Gasteiger partial charge in [-0.15, -0.1) is 0 Å². The highest BCUT2D eigenvalue weighted by Crippen LogP contribution is 2.25. The van der Waals surface area contributed by atoms with Crippen molar-refractivity contribution in [3.8, 4) is 0 Å². The predicted octanol–water partition coefficient (Wildman–Crippen LogP) is 4.74. The standard InChI is InChI=1S/C23H28Cl3N3O4S/c1-5-21(23(31)27-15(2)3)28(13-16-9-10-18(25)12-20(16)26)22(30)14-29(34(4,32)33)19-8-6-7-17(24)11-19/h6-12,15,21H,5,13-14H2,1-4H3,(H,27,31)/t21-/m0/s1. The van der Waals surface area contributed by atoms with Gasteiger partial charge < -0.3 is 10.2 Å². The molecule has 2 aromatic carbocycles. The quantitative estimate of drug-likeness (QED) is 0.464. The molecule has 0 aliphatic rings. The zero-order chi connectivity index (χ0) is 25.6. The van der Waals surface area contributed by atoms with E-state index in [1.54, 1.807) is 43.3 Å². The molecule has 0 saturated heterocycles. The summed E-state index contributed by atoms with van der Waals surface area (Å²) in [5, 5.41) is 3.91. The molecule has 2 aromatic rings. The smallest absolute Gasteiger partial charge is 0.244 e. The molecule has 186 valence electrons. The summed E-state index contributed by atoms with van der Waals surface area (Å²) in [5.41, 5.74) is 0.816. The van der Waals surface area contributed by atoms with Crippen molar-refractivity contribution in [2.45, 2.75) is 45.8 Å². The number of benzene rings is 2. The van der Waals surface area contributed by atoms with Gasteiger partial charge in [-0.3, -0.25) is 13.9 Å². The van der Waals surface area contributed by atoms with E-state index >= 15 is 0 Å². The molecule has 7 nitrogen and oxygen atoms in total. The summed E-state index contributed by atoms with van der Waals surface area (Å²) in [6.07, 6.45) is 1.32. The van der Waals surface area contributed by atoms with Crippen LogP contribution in [0.2, 0.25) is 15.1 Å². The molecule has 0 aliphatic heterocycles. The van der Waals surface area contributed by atoms with Crippen LogP contribution in [0.15, 0.2) is 42.5 Å². The van der Waals surface area contributed by atoms with E-state index in [0.29, 0.717) is 27.1 Å². The fraction of sp³-hybridized carbons (Fsp3) is 0.391. The molecule has 1 atom stereocenters. The van der Waals surface area contributed by atoms with Crippen LogP contribution in [0.4, 0.5) is 5.69 Å². The van der Waals surface area contributed by atoms with Gasteiger partial charge >= 0.3 is 0 Å². The Balaban J connectivity index is 2.48. The van der Waals surface area contributed by atoms with Crippen molar-refractivity contribution in [3.63, 3.8) is 0 Å². The second-order valence-electron chi connectivity index (χ2n) is 8.09. The summed E-state index contributed by atoms with van der Waals surface area (Å²) in [6, 6.07) is 10.1. The van der Waals surface area contributed by atoms with E-state index in [4.69, 9.17) is 34.8 Å². The Bertz CT molecular complexity index is 1140. The number of sulfonamides is 1. The molecule has 0 heterocycles. The monoisotopic (exact) mass is 547 g/mol. The maximum Gasteiger partial charge on any atom is 0.244 e. The number of anilines is 1. The zero-order valence-electron chi connectivity index (χ0n) is 19.4. The van der Waals surface area contributed by atoms with Crippen LogP contribution in [0, 0.1) is 0 Å². The van der Waals surface area contributed by atoms with Crippen molar-refractivity contribution in [2.75, 3.05) is 17.1 Å². The third-order valence-corrected chi connectivity index (χ3v) is 6.91. The second-order valence-corrected chi connectivity index (χ2v) is 11.3. The molecule has 0 spiro atoms. The van der Waals surface area contributed by atoms with Gasteiger partial charge in [0, 0.05) is 27.7 Å². The van der Waals surface area contributed by atoms with Crippen molar-refractivity contribution >= 4 is 62.3 Å². The number of halogens is 3. The average molecular weight is 549 g/mol. The minimum atomic E-state index is -3.84. The molecule has 0 aliphatic carbocycles. The van der Waals surface area contributed by atoms with Crippen LogP contribution >= 0.6 is 34.8 Å². The van der Waals surface area contributed by atoms with Crippen molar-refractivity contribution in [1.82, 2.24) is 10.2 Å². The Morgan fingerprint density at radius 1 is 1.03 bits per heavy atom. The largest absolute Gasteiger partial charge is 0.352 e. The number of rotatable bonds is 10. The highest BCUT2D eigenvalue weighted by atomic mass is 35.5. The van der Waals surface area contributed by atoms with Crippen LogP contribution in [0.25, 0.3) is 0 Å². The van der Waals surface area contributed by atoms with Crippen LogP contribution in [0.5, 0.6) is 0 Å². The topological polar surface area (TPSA) is 86.8 Å². The van der Waals surface area contributed by atoms with Gasteiger partial charge in [0.15, 0.2) is 0 Å². The maximum atomic E-state index is 13.6. The third-order valence-electron chi connectivity index (χ3n) is 4.95. The van der Waals surface area contributed by atoms with E-state index < -0.39 is 28.5 Å². The fourth-order valence-corrected chi connectivity index (χ4v) is 4.87. The van der Waals surface area contributed by atoms with E-state index in [1.165, 1.54) is 11.0 Å². The number of carbonyl (C=O) groups is 2. The minimum Gasteiger partial charge on any atom is -0.352 e. The molecule has 0 fully saturated rings. The van der Waals surface area contributed by atoms with E-state index in [1.807, 2.05) is 13.8 Å². The third kappa shape index (κ3) is 7.77. The number of carbonyl (C=O) groups excluding carboxylic acids is 2. The molecule has 2 rings (SSSR count). The lowest BCUT2D eigenvalue weighted by Gasteiger charge is -2.33. The lowest BCUT2D eigenvalue weighted by Crippen LogP contribution is -2.53. The van der Waals surface area contributed by atoms with Crippen LogP contribution in [0.3, 0.4) is 0 Å². The molecular weight excluding hydrogens is 521 g/mol. The molecule has 11 heteroatoms. The first-order chi connectivity index (χ1) is 15.8. The van der Waals surface area contributed by atoms with Crippen molar-refractivity contribution in [1.29, 1.82) is 0 Å². The Morgan fingerprint density at radius 3 is 2.21 bits per heavy atom. The number of nitrogens with one attached hydrogen (secondary N) is 1. The zero-order valence-corrected chi connectivity index (χ0v) is 22.5. The number of amides is 2. The molecule has 0 aromatic heterocycles. The van der Waals surface area contributed by atoms with E-state index in [2.05, 4.69) is 5.32 Å². The maximum absolute atomic E-state index is 13.6. The number of nitrogens with zero attached hydrogens (tertiary/aromatic N) is 2. The normalized spacial score (nSPS) is 12.4. The SMILES string of the molecule is CC[C@@H](C(=O)NC(C)C)N(Cc1ccc(Cl)cc1Cl)C(=O)CN(c1cccc(Cl)c1)S(C)(=O)=O. The summed E-state index contributed by atoms with van der Waals surface area (Å²) >= 11 is 18.4. The second kappa shape index (κ2) is 12.1. The Kier molecular flexibility index (Phi) is 10.1. The van der Waals surface area contributed by atoms with Crippen molar-refractivity contribution in [3.05, 3.63) is 63.1 Å². The summed E-state index contributed by atoms with van der Waals surface area (Å²) < 4.78 is 26.1. The fourth-order valence-electron chi connectivity index (χ4n) is 3.38. The average Bonchev–Trinajstić information content (AvgIpc) is 2.71. The molecule has 1 N–H and O–H groups in total. The van der Waals surface area contributed by atoms with Crippen LogP contribution in [0.1, 0.15) is 32.8 Å². The van der Waals surface area contributed by atoms with Crippen LogP contribution < -0.4 is 9.62 Å². The van der Waals surface area contributed by atoms with Gasteiger partial charge in [0.1, 0.15) is 12.6 Å². The van der Waals surface area contributed by atoms with Gasteiger partial charge in [0.05, 0.1) is 11.9 Å². The minimum absolute atomic E-state index is 0.00793. The summed E-state index contributed by atoms with van der Waals surface area (Å²) in [4.78, 5) is 27.9. The predicted molar refractivity (Wildman–Crippen MR) is 138 cm³/mol. The Labute approximate surface area is 216 Å². The lowest BCUT2D eigenvalue weighted by molar-refractivity contribution is -0.140. The first kappa shape index (κ1) is 28.2. The molecule has 0 unspecified atom stereocenters. The van der Waals surface area contributed by atoms with Crippen molar-refractivity contribution in [2.24, 2.45) is 0 Å². The van der Waals surface area contributed by atoms with Gasteiger partial charge in [0.25, 0.3) is 0 Å². The van der Waals surface area contributed by atoms with Gasteiger partial charge in [-0.1, -0.05) is 53.9 Å².